The average molecular weight is 411 g/mol. The number of aromatic nitrogens is 2. The minimum Gasteiger partial charge on any atom is -0.369 e. The predicted molar refractivity (Wildman–Crippen MR) is 114 cm³/mol. The van der Waals surface area contributed by atoms with Gasteiger partial charge in [-0.2, -0.15) is 5.26 Å². The third kappa shape index (κ3) is 4.39. The zero-order valence-corrected chi connectivity index (χ0v) is 17.1. The molecule has 1 atom stereocenters. The standard InChI is InChI=1S/C21H26FN7O/c1-27-7-9-28(10-8-27)17-4-5-18(19(11-17)29-6-2-3-15(22)14-29)26-21(30)20-24-13-16(12-23)25-20/h4-5,11,13,15H,2-3,6-10,14H2,1H3,(H,24,25)(H,26,30). The number of benzene rings is 1. The number of nitrogens with one attached hydrogen (secondary N) is 2. The Morgan fingerprint density at radius 3 is 2.77 bits per heavy atom. The molecule has 2 saturated heterocycles. The van der Waals surface area contributed by atoms with E-state index in [1.54, 1.807) is 0 Å². The summed E-state index contributed by atoms with van der Waals surface area (Å²) in [5, 5.41) is 11.8. The van der Waals surface area contributed by atoms with E-state index in [4.69, 9.17) is 5.26 Å². The van der Waals surface area contributed by atoms with Crippen molar-refractivity contribution < 1.29 is 9.18 Å². The van der Waals surface area contributed by atoms with Gasteiger partial charge in [-0.3, -0.25) is 4.79 Å². The number of hydrogen-bond donors (Lipinski definition) is 2. The Hall–Kier alpha value is -3.12. The number of likely N-dealkylation sites (N-methyl/N-ethyl adjacent to an activating group) is 1. The van der Waals surface area contributed by atoms with Crippen molar-refractivity contribution in [3.8, 4) is 6.07 Å². The second-order valence-electron chi connectivity index (χ2n) is 7.89. The number of anilines is 3. The molecule has 30 heavy (non-hydrogen) atoms. The van der Waals surface area contributed by atoms with Gasteiger partial charge in [-0.15, -0.1) is 0 Å². The molecule has 9 heteroatoms. The van der Waals surface area contributed by atoms with E-state index in [9.17, 15) is 9.18 Å². The van der Waals surface area contributed by atoms with Gasteiger partial charge in [0.15, 0.2) is 5.82 Å². The zero-order valence-electron chi connectivity index (χ0n) is 17.1. The molecule has 2 fully saturated rings. The van der Waals surface area contributed by atoms with Gasteiger partial charge in [-0.05, 0) is 38.1 Å². The van der Waals surface area contributed by atoms with E-state index < -0.39 is 12.1 Å². The fraction of sp³-hybridized carbons (Fsp3) is 0.476. The van der Waals surface area contributed by atoms with E-state index in [0.29, 0.717) is 18.7 Å². The highest BCUT2D eigenvalue weighted by Gasteiger charge is 2.24. The maximum atomic E-state index is 14.1. The van der Waals surface area contributed by atoms with Crippen molar-refractivity contribution in [1.29, 1.82) is 5.26 Å². The number of piperazine rings is 1. The lowest BCUT2D eigenvalue weighted by Gasteiger charge is -2.36. The molecule has 158 valence electrons. The van der Waals surface area contributed by atoms with Gasteiger partial charge < -0.3 is 25.0 Å². The first-order valence-corrected chi connectivity index (χ1v) is 10.3. The Morgan fingerprint density at radius 2 is 2.07 bits per heavy atom. The highest BCUT2D eigenvalue weighted by atomic mass is 19.1. The molecule has 1 amide bonds. The summed E-state index contributed by atoms with van der Waals surface area (Å²) < 4.78 is 14.1. The van der Waals surface area contributed by atoms with Crippen LogP contribution in [0, 0.1) is 11.3 Å². The van der Waals surface area contributed by atoms with Gasteiger partial charge in [0.25, 0.3) is 5.91 Å². The van der Waals surface area contributed by atoms with Gasteiger partial charge >= 0.3 is 0 Å². The smallest absolute Gasteiger partial charge is 0.291 e. The van der Waals surface area contributed by atoms with Gasteiger partial charge in [0.1, 0.15) is 17.9 Å². The monoisotopic (exact) mass is 411 g/mol. The molecule has 4 rings (SSSR count). The number of carbonyl (C=O) groups excluding carboxylic acids is 1. The van der Waals surface area contributed by atoms with Crippen molar-refractivity contribution in [3.05, 3.63) is 35.9 Å². The van der Waals surface area contributed by atoms with Crippen LogP contribution in [0.2, 0.25) is 0 Å². The fourth-order valence-electron chi connectivity index (χ4n) is 3.97. The van der Waals surface area contributed by atoms with Crippen LogP contribution in [-0.2, 0) is 0 Å². The van der Waals surface area contributed by atoms with E-state index >= 15 is 0 Å². The summed E-state index contributed by atoms with van der Waals surface area (Å²) >= 11 is 0. The number of amides is 1. The molecule has 1 unspecified atom stereocenters. The summed E-state index contributed by atoms with van der Waals surface area (Å²) in [6.45, 7) is 4.89. The largest absolute Gasteiger partial charge is 0.369 e. The topological polar surface area (TPSA) is 91.3 Å². The van der Waals surface area contributed by atoms with Crippen LogP contribution in [0.25, 0.3) is 0 Å². The van der Waals surface area contributed by atoms with E-state index in [1.165, 1.54) is 6.20 Å². The second kappa shape index (κ2) is 8.71. The number of nitriles is 1. The number of hydrogen-bond acceptors (Lipinski definition) is 6. The van der Waals surface area contributed by atoms with Crippen molar-refractivity contribution in [1.82, 2.24) is 14.9 Å². The quantitative estimate of drug-likeness (QED) is 0.802. The van der Waals surface area contributed by atoms with Gasteiger partial charge in [-0.25, -0.2) is 9.37 Å². The van der Waals surface area contributed by atoms with Crippen LogP contribution < -0.4 is 15.1 Å². The molecule has 1 aromatic heterocycles. The van der Waals surface area contributed by atoms with Crippen LogP contribution in [0.15, 0.2) is 24.4 Å². The number of imidazole rings is 1. The first kappa shape index (κ1) is 20.2. The van der Waals surface area contributed by atoms with Crippen LogP contribution >= 0.6 is 0 Å². The van der Waals surface area contributed by atoms with Crippen molar-refractivity contribution in [2.45, 2.75) is 19.0 Å². The second-order valence-corrected chi connectivity index (χ2v) is 7.89. The lowest BCUT2D eigenvalue weighted by Crippen LogP contribution is -2.44. The summed E-state index contributed by atoms with van der Waals surface area (Å²) in [7, 11) is 2.11. The normalized spacial score (nSPS) is 20.1. The molecule has 0 radical (unpaired) electrons. The summed E-state index contributed by atoms with van der Waals surface area (Å²) in [5.41, 5.74) is 2.72. The number of alkyl halides is 1. The van der Waals surface area contributed by atoms with Crippen molar-refractivity contribution in [2.24, 2.45) is 0 Å². The molecule has 0 aliphatic carbocycles. The molecule has 2 aliphatic heterocycles. The molecule has 2 aliphatic rings. The number of piperidine rings is 1. The molecule has 3 heterocycles. The Labute approximate surface area is 175 Å². The van der Waals surface area contributed by atoms with Gasteiger partial charge in [0, 0.05) is 45.0 Å². The van der Waals surface area contributed by atoms with Crippen LogP contribution in [0.5, 0.6) is 0 Å². The lowest BCUT2D eigenvalue weighted by molar-refractivity contribution is 0.101. The SMILES string of the molecule is CN1CCN(c2ccc(NC(=O)c3ncc(C#N)[nH]3)c(N3CCCC(F)C3)c2)CC1. The van der Waals surface area contributed by atoms with E-state index in [-0.39, 0.29) is 11.5 Å². The lowest BCUT2D eigenvalue weighted by atomic mass is 10.1. The van der Waals surface area contributed by atoms with E-state index in [1.807, 2.05) is 29.2 Å². The molecular formula is C21H26FN7O. The molecule has 8 nitrogen and oxygen atoms in total. The number of H-pyrrole nitrogens is 1. The Morgan fingerprint density at radius 1 is 1.27 bits per heavy atom. The minimum absolute atomic E-state index is 0.0719. The maximum Gasteiger partial charge on any atom is 0.291 e. The van der Waals surface area contributed by atoms with Crippen molar-refractivity contribution in [3.63, 3.8) is 0 Å². The molecular weight excluding hydrogens is 385 g/mol. The fourth-order valence-corrected chi connectivity index (χ4v) is 3.97. The van der Waals surface area contributed by atoms with Gasteiger partial charge in [-0.1, -0.05) is 0 Å². The number of rotatable bonds is 4. The van der Waals surface area contributed by atoms with Crippen LogP contribution in [0.4, 0.5) is 21.5 Å². The van der Waals surface area contributed by atoms with E-state index in [0.717, 1.165) is 50.5 Å². The summed E-state index contributed by atoms with van der Waals surface area (Å²) in [6.07, 6.45) is 1.79. The van der Waals surface area contributed by atoms with Crippen molar-refractivity contribution in [2.75, 3.05) is 61.4 Å². The molecule has 2 aromatic rings. The number of carbonyl (C=O) groups is 1. The maximum absolute atomic E-state index is 14.1. The number of halogens is 1. The first-order valence-electron chi connectivity index (χ1n) is 10.3. The summed E-state index contributed by atoms with van der Waals surface area (Å²) in [5.74, 6) is -0.360. The summed E-state index contributed by atoms with van der Waals surface area (Å²) in [6, 6.07) is 7.83. The third-order valence-corrected chi connectivity index (χ3v) is 5.71. The molecule has 1 aromatic carbocycles. The Bertz CT molecular complexity index is 945. The minimum atomic E-state index is -0.877. The Balaban J connectivity index is 1.61. The highest BCUT2D eigenvalue weighted by Crippen LogP contribution is 2.34. The predicted octanol–water partition coefficient (Wildman–Crippen LogP) is 2.22. The van der Waals surface area contributed by atoms with Crippen LogP contribution in [0.1, 0.15) is 29.2 Å². The molecule has 0 bridgehead atoms. The van der Waals surface area contributed by atoms with E-state index in [2.05, 4.69) is 32.1 Å². The Kier molecular flexibility index (Phi) is 5.86. The third-order valence-electron chi connectivity index (χ3n) is 5.71. The van der Waals surface area contributed by atoms with Gasteiger partial charge in [0.2, 0.25) is 0 Å². The van der Waals surface area contributed by atoms with Gasteiger partial charge in [0.05, 0.1) is 17.6 Å². The highest BCUT2D eigenvalue weighted by molar-refractivity contribution is 6.04. The summed E-state index contributed by atoms with van der Waals surface area (Å²) in [4.78, 5) is 25.9. The van der Waals surface area contributed by atoms with Crippen molar-refractivity contribution >= 4 is 23.0 Å². The molecule has 0 spiro atoms. The van der Waals surface area contributed by atoms with Crippen LogP contribution in [0.3, 0.4) is 0 Å². The molecule has 2 N–H and O–H groups in total. The first-order chi connectivity index (χ1) is 14.5. The van der Waals surface area contributed by atoms with Crippen LogP contribution in [-0.4, -0.2) is 73.3 Å². The number of nitrogens with zero attached hydrogens (tertiary/aromatic N) is 5. The zero-order chi connectivity index (χ0) is 21.1. The average Bonchev–Trinajstić information content (AvgIpc) is 3.24. The number of aromatic amines is 1. The molecule has 0 saturated carbocycles.